The van der Waals surface area contributed by atoms with Crippen LogP contribution in [-0.4, -0.2) is 21.7 Å². The SMILES string of the molecule is CC.OC(C1=CNCN1Cc1ccc(F)cc1)c1ccnc(Cl)c1. The molecule has 6 heteroatoms. The van der Waals surface area contributed by atoms with Crippen molar-refractivity contribution in [3.05, 3.63) is 76.6 Å². The molecule has 1 aliphatic heterocycles. The van der Waals surface area contributed by atoms with Gasteiger partial charge in [-0.1, -0.05) is 37.6 Å². The highest BCUT2D eigenvalue weighted by atomic mass is 35.5. The smallest absolute Gasteiger partial charge is 0.129 e. The average molecular weight is 350 g/mol. The van der Waals surface area contributed by atoms with Gasteiger partial charge in [0.25, 0.3) is 0 Å². The van der Waals surface area contributed by atoms with Crippen molar-refractivity contribution in [2.24, 2.45) is 0 Å². The molecule has 3 rings (SSSR count). The van der Waals surface area contributed by atoms with Gasteiger partial charge >= 0.3 is 0 Å². The lowest BCUT2D eigenvalue weighted by Gasteiger charge is -2.25. The van der Waals surface area contributed by atoms with Crippen LogP contribution < -0.4 is 5.32 Å². The monoisotopic (exact) mass is 349 g/mol. The molecule has 0 saturated carbocycles. The van der Waals surface area contributed by atoms with Gasteiger partial charge in [0, 0.05) is 18.9 Å². The standard InChI is InChI=1S/C16H15ClFN3O.C2H6/c17-15-7-12(5-6-20-15)16(22)14-8-19-10-21(14)9-11-1-3-13(18)4-2-11;1-2/h1-8,16,19,22H,9-10H2;1-2H3. The molecule has 0 spiro atoms. The van der Waals surface area contributed by atoms with Crippen molar-refractivity contribution < 1.29 is 9.50 Å². The molecule has 0 aliphatic carbocycles. The summed E-state index contributed by atoms with van der Waals surface area (Å²) in [5.74, 6) is -0.259. The van der Waals surface area contributed by atoms with Gasteiger partial charge in [-0.25, -0.2) is 9.37 Å². The number of pyridine rings is 1. The summed E-state index contributed by atoms with van der Waals surface area (Å²) in [5.41, 5.74) is 2.39. The van der Waals surface area contributed by atoms with Crippen LogP contribution in [-0.2, 0) is 6.54 Å². The quantitative estimate of drug-likeness (QED) is 0.823. The van der Waals surface area contributed by atoms with Crippen LogP contribution in [0.4, 0.5) is 4.39 Å². The van der Waals surface area contributed by atoms with Gasteiger partial charge in [-0.15, -0.1) is 0 Å². The Labute approximate surface area is 146 Å². The van der Waals surface area contributed by atoms with Crippen LogP contribution in [0, 0.1) is 5.82 Å². The third kappa shape index (κ3) is 4.46. The number of aromatic nitrogens is 1. The van der Waals surface area contributed by atoms with Crippen LogP contribution in [0.25, 0.3) is 0 Å². The molecule has 0 radical (unpaired) electrons. The normalized spacial score (nSPS) is 14.4. The van der Waals surface area contributed by atoms with Gasteiger partial charge in [-0.2, -0.15) is 0 Å². The maximum atomic E-state index is 13.0. The van der Waals surface area contributed by atoms with E-state index in [1.54, 1.807) is 36.7 Å². The molecule has 1 atom stereocenters. The summed E-state index contributed by atoms with van der Waals surface area (Å²) < 4.78 is 13.0. The van der Waals surface area contributed by atoms with Crippen molar-refractivity contribution in [2.75, 3.05) is 6.67 Å². The van der Waals surface area contributed by atoms with Gasteiger partial charge < -0.3 is 15.3 Å². The molecule has 1 aromatic carbocycles. The van der Waals surface area contributed by atoms with Crippen LogP contribution in [0.1, 0.15) is 31.1 Å². The van der Waals surface area contributed by atoms with E-state index >= 15 is 0 Å². The number of aliphatic hydroxyl groups is 1. The maximum absolute atomic E-state index is 13.0. The number of nitrogens with one attached hydrogen (secondary N) is 1. The summed E-state index contributed by atoms with van der Waals surface area (Å²) in [6.07, 6.45) is 2.55. The molecule has 1 unspecified atom stereocenters. The molecule has 1 aromatic heterocycles. The van der Waals surface area contributed by atoms with E-state index < -0.39 is 6.10 Å². The topological polar surface area (TPSA) is 48.4 Å². The highest BCUT2D eigenvalue weighted by molar-refractivity contribution is 6.29. The van der Waals surface area contributed by atoms with Crippen molar-refractivity contribution in [1.82, 2.24) is 15.2 Å². The Hall–Kier alpha value is -2.11. The fourth-order valence-electron chi connectivity index (χ4n) is 2.41. The first-order chi connectivity index (χ1) is 11.6. The number of benzene rings is 1. The van der Waals surface area contributed by atoms with E-state index in [9.17, 15) is 9.50 Å². The van der Waals surface area contributed by atoms with Crippen LogP contribution in [0.2, 0.25) is 5.15 Å². The van der Waals surface area contributed by atoms with Crippen molar-refractivity contribution in [2.45, 2.75) is 26.5 Å². The molecule has 2 heterocycles. The van der Waals surface area contributed by atoms with Gasteiger partial charge in [0.2, 0.25) is 0 Å². The zero-order chi connectivity index (χ0) is 17.5. The highest BCUT2D eigenvalue weighted by Gasteiger charge is 2.23. The second-order valence-electron chi connectivity index (χ2n) is 5.07. The first kappa shape index (κ1) is 18.2. The molecular weight excluding hydrogens is 329 g/mol. The van der Waals surface area contributed by atoms with Crippen molar-refractivity contribution in [3.63, 3.8) is 0 Å². The number of hydrogen-bond donors (Lipinski definition) is 2. The Kier molecular flexibility index (Phi) is 6.58. The first-order valence-corrected chi connectivity index (χ1v) is 8.23. The zero-order valence-corrected chi connectivity index (χ0v) is 14.5. The second-order valence-corrected chi connectivity index (χ2v) is 5.46. The van der Waals surface area contributed by atoms with Crippen LogP contribution in [0.5, 0.6) is 0 Å². The Morgan fingerprint density at radius 1 is 1.29 bits per heavy atom. The fourth-order valence-corrected chi connectivity index (χ4v) is 2.59. The molecule has 0 amide bonds. The van der Waals surface area contributed by atoms with Gasteiger partial charge in [0.1, 0.15) is 17.1 Å². The number of hydrogen-bond acceptors (Lipinski definition) is 4. The minimum absolute atomic E-state index is 0.259. The molecule has 2 N–H and O–H groups in total. The molecular formula is C18H21ClFN3O. The van der Waals surface area contributed by atoms with Gasteiger partial charge in [0.05, 0.1) is 12.4 Å². The van der Waals surface area contributed by atoms with Crippen molar-refractivity contribution in [3.8, 4) is 0 Å². The lowest BCUT2D eigenvalue weighted by molar-refractivity contribution is 0.168. The molecule has 1 aliphatic rings. The van der Waals surface area contributed by atoms with E-state index in [0.717, 1.165) is 11.3 Å². The molecule has 128 valence electrons. The Morgan fingerprint density at radius 3 is 2.67 bits per heavy atom. The van der Waals surface area contributed by atoms with E-state index in [4.69, 9.17) is 11.6 Å². The van der Waals surface area contributed by atoms with Crippen LogP contribution in [0.15, 0.2) is 54.5 Å². The van der Waals surface area contributed by atoms with Gasteiger partial charge in [-0.3, -0.25) is 0 Å². The average Bonchev–Trinajstić information content (AvgIpc) is 3.06. The Morgan fingerprint density at radius 2 is 2.00 bits per heavy atom. The maximum Gasteiger partial charge on any atom is 0.129 e. The third-order valence-electron chi connectivity index (χ3n) is 3.53. The summed E-state index contributed by atoms with van der Waals surface area (Å²) in [6, 6.07) is 9.71. The van der Waals surface area contributed by atoms with Crippen LogP contribution >= 0.6 is 11.6 Å². The summed E-state index contributed by atoms with van der Waals surface area (Å²) in [7, 11) is 0. The molecule has 0 saturated heterocycles. The predicted octanol–water partition coefficient (Wildman–Crippen LogP) is 3.84. The number of aliphatic hydroxyl groups excluding tert-OH is 1. The molecule has 0 bridgehead atoms. The van der Waals surface area contributed by atoms with Crippen molar-refractivity contribution >= 4 is 11.6 Å². The van der Waals surface area contributed by atoms with Crippen molar-refractivity contribution in [1.29, 1.82) is 0 Å². The van der Waals surface area contributed by atoms with E-state index in [0.29, 0.717) is 23.9 Å². The summed E-state index contributed by atoms with van der Waals surface area (Å²) in [4.78, 5) is 5.91. The van der Waals surface area contributed by atoms with E-state index in [2.05, 4.69) is 10.3 Å². The van der Waals surface area contributed by atoms with Gasteiger partial charge in [-0.05, 0) is 35.4 Å². The summed E-state index contributed by atoms with van der Waals surface area (Å²) in [6.45, 7) is 5.16. The second kappa shape index (κ2) is 8.66. The number of nitrogens with zero attached hydrogens (tertiary/aromatic N) is 2. The minimum atomic E-state index is -0.795. The number of halogens is 2. The third-order valence-corrected chi connectivity index (χ3v) is 3.74. The molecule has 0 fully saturated rings. The van der Waals surface area contributed by atoms with E-state index in [-0.39, 0.29) is 5.82 Å². The predicted molar refractivity (Wildman–Crippen MR) is 93.6 cm³/mol. The fraction of sp³-hybridized carbons (Fsp3) is 0.278. The van der Waals surface area contributed by atoms with E-state index in [1.807, 2.05) is 18.7 Å². The lowest BCUT2D eigenvalue weighted by Crippen LogP contribution is -2.26. The molecule has 4 nitrogen and oxygen atoms in total. The minimum Gasteiger partial charge on any atom is -0.382 e. The lowest BCUT2D eigenvalue weighted by atomic mass is 10.1. The van der Waals surface area contributed by atoms with E-state index in [1.165, 1.54) is 12.1 Å². The Balaban J connectivity index is 0.00000100. The summed E-state index contributed by atoms with van der Waals surface area (Å²) in [5, 5.41) is 14.0. The Bertz CT molecular complexity index is 691. The summed E-state index contributed by atoms with van der Waals surface area (Å²) >= 11 is 5.87. The highest BCUT2D eigenvalue weighted by Crippen LogP contribution is 2.28. The molecule has 2 aromatic rings. The van der Waals surface area contributed by atoms with Crippen LogP contribution in [0.3, 0.4) is 0 Å². The first-order valence-electron chi connectivity index (χ1n) is 7.86. The van der Waals surface area contributed by atoms with Gasteiger partial charge in [0.15, 0.2) is 0 Å². The number of rotatable bonds is 4. The zero-order valence-electron chi connectivity index (χ0n) is 13.7. The largest absolute Gasteiger partial charge is 0.382 e. The molecule has 24 heavy (non-hydrogen) atoms.